The molecule has 148 valence electrons. The van der Waals surface area contributed by atoms with Crippen molar-refractivity contribution in [1.82, 2.24) is 15.8 Å². The third-order valence-electron chi connectivity index (χ3n) is 4.58. The Bertz CT molecular complexity index is 751. The third-order valence-corrected chi connectivity index (χ3v) is 4.90. The number of nitrogens with zero attached hydrogens (tertiary/aromatic N) is 3. The maximum absolute atomic E-state index is 6.36. The molecule has 27 heavy (non-hydrogen) atoms. The van der Waals surface area contributed by atoms with Crippen LogP contribution in [0.2, 0.25) is 5.02 Å². The molecule has 1 unspecified atom stereocenters. The van der Waals surface area contributed by atoms with E-state index in [9.17, 15) is 0 Å². The van der Waals surface area contributed by atoms with Gasteiger partial charge >= 0.3 is 0 Å². The molecule has 0 spiro atoms. The first-order valence-electron chi connectivity index (χ1n) is 9.10. The zero-order valence-electron chi connectivity index (χ0n) is 15.7. The van der Waals surface area contributed by atoms with Crippen molar-refractivity contribution in [2.75, 3.05) is 25.0 Å². The van der Waals surface area contributed by atoms with E-state index in [2.05, 4.69) is 38.7 Å². The fourth-order valence-electron chi connectivity index (χ4n) is 3.19. The van der Waals surface area contributed by atoms with Gasteiger partial charge in [0.25, 0.3) is 0 Å². The van der Waals surface area contributed by atoms with Gasteiger partial charge in [0.15, 0.2) is 11.7 Å². The number of piperidine rings is 1. The SMILES string of the molecule is CCc1cc(CNC(=NC)NC2CCCN(c3ccccc3Cl)C2)on1.I. The topological polar surface area (TPSA) is 65.7 Å². The lowest BCUT2D eigenvalue weighted by Gasteiger charge is -2.35. The fraction of sp³-hybridized carbons (Fsp3) is 0.474. The molecular formula is C19H27ClIN5O. The quantitative estimate of drug-likeness (QED) is 0.369. The van der Waals surface area contributed by atoms with Gasteiger partial charge in [0.2, 0.25) is 0 Å². The highest BCUT2D eigenvalue weighted by atomic mass is 127. The maximum Gasteiger partial charge on any atom is 0.191 e. The van der Waals surface area contributed by atoms with Crippen LogP contribution in [0.25, 0.3) is 0 Å². The molecule has 1 aromatic carbocycles. The van der Waals surface area contributed by atoms with Crippen LogP contribution in [-0.4, -0.2) is 37.3 Å². The molecular weight excluding hydrogens is 477 g/mol. The summed E-state index contributed by atoms with van der Waals surface area (Å²) in [7, 11) is 1.78. The zero-order valence-corrected chi connectivity index (χ0v) is 18.8. The van der Waals surface area contributed by atoms with Crippen molar-refractivity contribution in [2.45, 2.75) is 38.8 Å². The van der Waals surface area contributed by atoms with Crippen LogP contribution in [0, 0.1) is 0 Å². The summed E-state index contributed by atoms with van der Waals surface area (Å²) in [4.78, 5) is 6.66. The summed E-state index contributed by atoms with van der Waals surface area (Å²) in [5.41, 5.74) is 2.06. The number of halogens is 2. The Morgan fingerprint density at radius 3 is 2.93 bits per heavy atom. The Hall–Kier alpha value is -1.48. The van der Waals surface area contributed by atoms with E-state index in [0.29, 0.717) is 12.6 Å². The van der Waals surface area contributed by atoms with Crippen LogP contribution in [0.4, 0.5) is 5.69 Å². The summed E-state index contributed by atoms with van der Waals surface area (Å²) in [5, 5.41) is 11.6. The molecule has 1 aliphatic heterocycles. The van der Waals surface area contributed by atoms with Gasteiger partial charge in [0.05, 0.1) is 22.9 Å². The van der Waals surface area contributed by atoms with Crippen molar-refractivity contribution in [2.24, 2.45) is 4.99 Å². The minimum absolute atomic E-state index is 0. The summed E-state index contributed by atoms with van der Waals surface area (Å²) < 4.78 is 5.31. The van der Waals surface area contributed by atoms with Gasteiger partial charge in [0.1, 0.15) is 0 Å². The van der Waals surface area contributed by atoms with Crippen molar-refractivity contribution in [3.8, 4) is 0 Å². The molecule has 8 heteroatoms. The number of rotatable bonds is 5. The highest BCUT2D eigenvalue weighted by Crippen LogP contribution is 2.27. The molecule has 0 radical (unpaired) electrons. The van der Waals surface area contributed by atoms with Gasteiger partial charge < -0.3 is 20.1 Å². The van der Waals surface area contributed by atoms with Crippen molar-refractivity contribution >= 4 is 47.2 Å². The van der Waals surface area contributed by atoms with E-state index < -0.39 is 0 Å². The molecule has 0 bridgehead atoms. The van der Waals surface area contributed by atoms with E-state index in [1.165, 1.54) is 0 Å². The average Bonchev–Trinajstić information content (AvgIpc) is 3.14. The van der Waals surface area contributed by atoms with Crippen LogP contribution >= 0.6 is 35.6 Å². The Labute approximate surface area is 182 Å². The molecule has 1 saturated heterocycles. The highest BCUT2D eigenvalue weighted by molar-refractivity contribution is 14.0. The summed E-state index contributed by atoms with van der Waals surface area (Å²) in [5.74, 6) is 1.58. The van der Waals surface area contributed by atoms with Crippen LogP contribution in [-0.2, 0) is 13.0 Å². The first-order valence-corrected chi connectivity index (χ1v) is 9.48. The smallest absolute Gasteiger partial charge is 0.191 e. The predicted octanol–water partition coefficient (Wildman–Crippen LogP) is 3.84. The molecule has 2 N–H and O–H groups in total. The lowest BCUT2D eigenvalue weighted by atomic mass is 10.0. The van der Waals surface area contributed by atoms with Gasteiger partial charge in [-0.3, -0.25) is 4.99 Å². The van der Waals surface area contributed by atoms with Crippen LogP contribution < -0.4 is 15.5 Å². The maximum atomic E-state index is 6.36. The second-order valence-electron chi connectivity index (χ2n) is 6.44. The van der Waals surface area contributed by atoms with Crippen molar-refractivity contribution < 1.29 is 4.52 Å². The van der Waals surface area contributed by atoms with Gasteiger partial charge in [-0.25, -0.2) is 0 Å². The molecule has 0 amide bonds. The molecule has 0 aliphatic carbocycles. The molecule has 1 aromatic heterocycles. The van der Waals surface area contributed by atoms with Crippen molar-refractivity contribution in [3.05, 3.63) is 46.8 Å². The molecule has 1 aliphatic rings. The number of aliphatic imine (C=N–C) groups is 1. The second-order valence-corrected chi connectivity index (χ2v) is 6.85. The van der Waals surface area contributed by atoms with Crippen LogP contribution in [0.15, 0.2) is 39.8 Å². The summed E-state index contributed by atoms with van der Waals surface area (Å²) >= 11 is 6.36. The van der Waals surface area contributed by atoms with E-state index in [0.717, 1.165) is 60.5 Å². The minimum atomic E-state index is 0. The highest BCUT2D eigenvalue weighted by Gasteiger charge is 2.22. The molecule has 0 saturated carbocycles. The Morgan fingerprint density at radius 1 is 1.41 bits per heavy atom. The molecule has 6 nitrogen and oxygen atoms in total. The summed E-state index contributed by atoms with van der Waals surface area (Å²) in [6.07, 6.45) is 3.09. The molecule has 1 atom stereocenters. The normalized spacial score (nSPS) is 17.4. The molecule has 2 aromatic rings. The number of hydrogen-bond donors (Lipinski definition) is 2. The van der Waals surface area contributed by atoms with Crippen LogP contribution in [0.3, 0.4) is 0 Å². The van der Waals surface area contributed by atoms with Crippen molar-refractivity contribution in [1.29, 1.82) is 0 Å². The van der Waals surface area contributed by atoms with E-state index in [1.807, 2.05) is 24.3 Å². The summed E-state index contributed by atoms with van der Waals surface area (Å²) in [6.45, 7) is 4.54. The van der Waals surface area contributed by atoms with E-state index in [-0.39, 0.29) is 24.0 Å². The average molecular weight is 504 g/mol. The first kappa shape index (κ1) is 21.8. The van der Waals surface area contributed by atoms with E-state index >= 15 is 0 Å². The largest absolute Gasteiger partial charge is 0.368 e. The molecule has 2 heterocycles. The lowest BCUT2D eigenvalue weighted by Crippen LogP contribution is -2.51. The number of aryl methyl sites for hydroxylation is 1. The minimum Gasteiger partial charge on any atom is -0.368 e. The zero-order chi connectivity index (χ0) is 18.4. The van der Waals surface area contributed by atoms with Gasteiger partial charge in [0, 0.05) is 32.2 Å². The molecule has 1 fully saturated rings. The third kappa shape index (κ3) is 6.00. The van der Waals surface area contributed by atoms with Gasteiger partial charge in [-0.2, -0.15) is 0 Å². The number of para-hydroxylation sites is 1. The van der Waals surface area contributed by atoms with Gasteiger partial charge in [-0.15, -0.1) is 24.0 Å². The Morgan fingerprint density at radius 2 is 2.22 bits per heavy atom. The van der Waals surface area contributed by atoms with E-state index in [4.69, 9.17) is 16.1 Å². The number of benzene rings is 1. The number of guanidine groups is 1. The standard InChI is InChI=1S/C19H26ClN5O.HI/c1-3-14-11-16(26-24-14)12-22-19(21-2)23-15-7-6-10-25(13-15)18-9-5-4-8-17(18)20;/h4-5,8-9,11,15H,3,6-7,10,12-13H2,1-2H3,(H2,21,22,23);1H. The lowest BCUT2D eigenvalue weighted by molar-refractivity contribution is 0.374. The predicted molar refractivity (Wildman–Crippen MR) is 121 cm³/mol. The number of nitrogens with one attached hydrogen (secondary N) is 2. The van der Waals surface area contributed by atoms with Gasteiger partial charge in [-0.05, 0) is 31.4 Å². The van der Waals surface area contributed by atoms with E-state index in [1.54, 1.807) is 7.05 Å². The number of anilines is 1. The Balaban J connectivity index is 0.00000261. The fourth-order valence-corrected chi connectivity index (χ4v) is 3.44. The summed E-state index contributed by atoms with van der Waals surface area (Å²) in [6, 6.07) is 10.3. The van der Waals surface area contributed by atoms with Gasteiger partial charge in [-0.1, -0.05) is 35.8 Å². The first-order chi connectivity index (χ1) is 12.7. The van der Waals surface area contributed by atoms with Crippen LogP contribution in [0.1, 0.15) is 31.2 Å². The molecule has 3 rings (SSSR count). The second kappa shape index (κ2) is 10.8. The van der Waals surface area contributed by atoms with Crippen molar-refractivity contribution in [3.63, 3.8) is 0 Å². The number of aromatic nitrogens is 1. The number of hydrogen-bond acceptors (Lipinski definition) is 4. The van der Waals surface area contributed by atoms with Crippen LogP contribution in [0.5, 0.6) is 0 Å². The monoisotopic (exact) mass is 503 g/mol. The Kier molecular flexibility index (Phi) is 8.69.